The highest BCUT2D eigenvalue weighted by atomic mass is 16.1. The molecule has 1 fully saturated rings. The van der Waals surface area contributed by atoms with Gasteiger partial charge in [0.1, 0.15) is 0 Å². The van der Waals surface area contributed by atoms with Crippen LogP contribution in [0.3, 0.4) is 0 Å². The van der Waals surface area contributed by atoms with Crippen molar-refractivity contribution < 1.29 is 4.79 Å². The number of nitrogens with one attached hydrogen (secondary N) is 1. The van der Waals surface area contributed by atoms with E-state index in [1.807, 2.05) is 6.92 Å². The highest BCUT2D eigenvalue weighted by molar-refractivity contribution is 5.78. The van der Waals surface area contributed by atoms with Crippen LogP contribution in [-0.4, -0.2) is 37.5 Å². The monoisotopic (exact) mass is 293 g/mol. The van der Waals surface area contributed by atoms with Gasteiger partial charge in [0.2, 0.25) is 5.91 Å². The van der Waals surface area contributed by atoms with Crippen LogP contribution in [0.5, 0.6) is 0 Å². The summed E-state index contributed by atoms with van der Waals surface area (Å²) < 4.78 is 0. The number of amides is 1. The first-order valence-corrected chi connectivity index (χ1v) is 8.02. The molecule has 1 rings (SSSR count). The lowest BCUT2D eigenvalue weighted by atomic mass is 9.68. The van der Waals surface area contributed by atoms with Gasteiger partial charge in [-0.1, -0.05) is 27.7 Å². The number of hydrogen-bond donors (Lipinski definition) is 1. The Morgan fingerprint density at radius 1 is 1.43 bits per heavy atom. The second kappa shape index (κ2) is 7.26. The molecule has 4 atom stereocenters. The third-order valence-corrected chi connectivity index (χ3v) is 5.03. The minimum absolute atomic E-state index is 0.0469. The molecule has 4 heteroatoms. The van der Waals surface area contributed by atoms with Crippen LogP contribution in [0, 0.1) is 34.5 Å². The van der Waals surface area contributed by atoms with E-state index in [9.17, 15) is 10.1 Å². The fourth-order valence-corrected chi connectivity index (χ4v) is 3.47. The summed E-state index contributed by atoms with van der Waals surface area (Å²) in [6.45, 7) is 9.51. The van der Waals surface area contributed by atoms with Gasteiger partial charge in [-0.05, 0) is 37.6 Å². The number of nitrogens with zero attached hydrogens (tertiary/aromatic N) is 2. The van der Waals surface area contributed by atoms with E-state index in [1.165, 1.54) is 0 Å². The summed E-state index contributed by atoms with van der Waals surface area (Å²) in [6.07, 6.45) is 3.16. The number of hydrogen-bond acceptors (Lipinski definition) is 3. The summed E-state index contributed by atoms with van der Waals surface area (Å²) in [4.78, 5) is 13.9. The Morgan fingerprint density at radius 2 is 2.05 bits per heavy atom. The first-order valence-electron chi connectivity index (χ1n) is 8.02. The van der Waals surface area contributed by atoms with Gasteiger partial charge in [-0.2, -0.15) is 5.26 Å². The molecular formula is C17H31N3O. The van der Waals surface area contributed by atoms with Crippen LogP contribution in [0.2, 0.25) is 0 Å². The molecule has 21 heavy (non-hydrogen) atoms. The van der Waals surface area contributed by atoms with Crippen molar-refractivity contribution in [3.63, 3.8) is 0 Å². The molecule has 0 heterocycles. The largest absolute Gasteiger partial charge is 0.359 e. The van der Waals surface area contributed by atoms with Crippen molar-refractivity contribution in [2.24, 2.45) is 23.2 Å². The lowest BCUT2D eigenvalue weighted by Gasteiger charge is -2.43. The Kier molecular flexibility index (Phi) is 6.22. The van der Waals surface area contributed by atoms with E-state index in [-0.39, 0.29) is 29.2 Å². The summed E-state index contributed by atoms with van der Waals surface area (Å²) in [6, 6.07) is 2.75. The average molecular weight is 293 g/mol. The number of carbonyl (C=O) groups excluding carboxylic acids is 1. The summed E-state index contributed by atoms with van der Waals surface area (Å²) in [5.74, 6) is 0.753. The summed E-state index contributed by atoms with van der Waals surface area (Å²) in [7, 11) is 3.73. The molecule has 1 aliphatic carbocycles. The third kappa shape index (κ3) is 4.71. The van der Waals surface area contributed by atoms with Crippen molar-refractivity contribution in [3.05, 3.63) is 0 Å². The van der Waals surface area contributed by atoms with E-state index in [1.54, 1.807) is 7.05 Å². The number of rotatable bonds is 4. The smallest absolute Gasteiger partial charge is 0.223 e. The van der Waals surface area contributed by atoms with Gasteiger partial charge < -0.3 is 10.2 Å². The van der Waals surface area contributed by atoms with E-state index >= 15 is 0 Å². The molecule has 1 saturated carbocycles. The molecule has 4 nitrogen and oxygen atoms in total. The highest BCUT2D eigenvalue weighted by Gasteiger charge is 2.38. The lowest BCUT2D eigenvalue weighted by molar-refractivity contribution is -0.124. The molecule has 0 radical (unpaired) electrons. The zero-order valence-corrected chi connectivity index (χ0v) is 14.4. The molecule has 0 aromatic heterocycles. The van der Waals surface area contributed by atoms with E-state index in [2.05, 4.69) is 44.1 Å². The van der Waals surface area contributed by atoms with Crippen LogP contribution in [-0.2, 0) is 4.79 Å². The van der Waals surface area contributed by atoms with Crippen molar-refractivity contribution in [2.45, 2.75) is 53.0 Å². The molecule has 1 amide bonds. The Morgan fingerprint density at radius 3 is 2.52 bits per heavy atom. The van der Waals surface area contributed by atoms with Gasteiger partial charge in [0.05, 0.1) is 12.0 Å². The molecule has 4 unspecified atom stereocenters. The minimum Gasteiger partial charge on any atom is -0.359 e. The Balaban J connectivity index is 2.75. The van der Waals surface area contributed by atoms with Crippen LogP contribution in [0.15, 0.2) is 0 Å². The van der Waals surface area contributed by atoms with Gasteiger partial charge in [-0.3, -0.25) is 4.79 Å². The van der Waals surface area contributed by atoms with Gasteiger partial charge in [-0.15, -0.1) is 0 Å². The molecule has 120 valence electrons. The maximum atomic E-state index is 11.7. The van der Waals surface area contributed by atoms with Crippen LogP contribution < -0.4 is 5.32 Å². The minimum atomic E-state index is -0.0469. The van der Waals surface area contributed by atoms with Crippen LogP contribution in [0.4, 0.5) is 0 Å². The summed E-state index contributed by atoms with van der Waals surface area (Å²) in [5.41, 5.74) is 0.284. The molecule has 0 aromatic carbocycles. The molecule has 0 aliphatic heterocycles. The van der Waals surface area contributed by atoms with Crippen molar-refractivity contribution >= 4 is 5.91 Å². The normalized spacial score (nSPS) is 28.0. The molecular weight excluding hydrogens is 262 g/mol. The molecule has 1 aliphatic rings. The molecule has 0 spiro atoms. The maximum Gasteiger partial charge on any atom is 0.223 e. The van der Waals surface area contributed by atoms with Crippen LogP contribution >= 0.6 is 0 Å². The Hall–Kier alpha value is -1.08. The molecule has 0 saturated heterocycles. The second-order valence-electron chi connectivity index (χ2n) is 7.63. The maximum absolute atomic E-state index is 11.7. The Bertz CT molecular complexity index is 394. The summed E-state index contributed by atoms with van der Waals surface area (Å²) in [5, 5.41) is 12.1. The number of nitriles is 1. The summed E-state index contributed by atoms with van der Waals surface area (Å²) >= 11 is 0. The van der Waals surface area contributed by atoms with Gasteiger partial charge in [0, 0.05) is 25.6 Å². The highest BCUT2D eigenvalue weighted by Crippen LogP contribution is 2.41. The predicted octanol–water partition coefficient (Wildman–Crippen LogP) is 2.65. The molecule has 1 N–H and O–H groups in total. The SMILES string of the molecule is CNC(=O)C(C)CN(C)C1CC(C(C)(C)C)CCC1C#N. The van der Waals surface area contributed by atoms with E-state index in [0.717, 1.165) is 19.3 Å². The molecule has 0 bridgehead atoms. The zero-order valence-electron chi connectivity index (χ0n) is 14.4. The number of carbonyl (C=O) groups is 1. The standard InChI is InChI=1S/C17H31N3O/c1-12(16(21)19-5)11-20(6)15-9-14(17(2,3)4)8-7-13(15)10-18/h12-15H,7-9,11H2,1-6H3,(H,19,21). The average Bonchev–Trinajstić information content (AvgIpc) is 2.44. The topological polar surface area (TPSA) is 56.1 Å². The first-order chi connectivity index (χ1) is 9.70. The van der Waals surface area contributed by atoms with E-state index < -0.39 is 0 Å². The quantitative estimate of drug-likeness (QED) is 0.867. The molecule has 0 aromatic rings. The van der Waals surface area contributed by atoms with E-state index in [0.29, 0.717) is 12.5 Å². The van der Waals surface area contributed by atoms with Gasteiger partial charge >= 0.3 is 0 Å². The van der Waals surface area contributed by atoms with Crippen molar-refractivity contribution in [2.75, 3.05) is 20.6 Å². The van der Waals surface area contributed by atoms with E-state index in [4.69, 9.17) is 0 Å². The lowest BCUT2D eigenvalue weighted by Crippen LogP contribution is -2.47. The predicted molar refractivity (Wildman–Crippen MR) is 85.5 cm³/mol. The third-order valence-electron chi connectivity index (χ3n) is 5.03. The first kappa shape index (κ1) is 18.0. The van der Waals surface area contributed by atoms with Gasteiger partial charge in [0.25, 0.3) is 0 Å². The fraction of sp³-hybridized carbons (Fsp3) is 0.882. The van der Waals surface area contributed by atoms with Crippen molar-refractivity contribution in [3.8, 4) is 6.07 Å². The van der Waals surface area contributed by atoms with Crippen LogP contribution in [0.1, 0.15) is 47.0 Å². The zero-order chi connectivity index (χ0) is 16.2. The van der Waals surface area contributed by atoms with Crippen LogP contribution in [0.25, 0.3) is 0 Å². The van der Waals surface area contributed by atoms with Crippen molar-refractivity contribution in [1.29, 1.82) is 5.26 Å². The Labute approximate surface area is 129 Å². The van der Waals surface area contributed by atoms with Gasteiger partial charge in [-0.25, -0.2) is 0 Å². The second-order valence-corrected chi connectivity index (χ2v) is 7.63. The fourth-order valence-electron chi connectivity index (χ4n) is 3.47. The van der Waals surface area contributed by atoms with Gasteiger partial charge in [0.15, 0.2) is 0 Å². The van der Waals surface area contributed by atoms with Crippen molar-refractivity contribution in [1.82, 2.24) is 10.2 Å².